The van der Waals surface area contributed by atoms with Crippen LogP contribution in [0.15, 0.2) is 30.3 Å². The van der Waals surface area contributed by atoms with E-state index in [0.29, 0.717) is 13.0 Å². The Morgan fingerprint density at radius 3 is 2.80 bits per heavy atom. The zero-order valence-corrected chi connectivity index (χ0v) is 14.6. The summed E-state index contributed by atoms with van der Waals surface area (Å²) in [6.07, 6.45) is 2.74. The average molecular weight is 346 g/mol. The molecular weight excluding hydrogens is 320 g/mol. The number of ether oxygens (including phenoxy) is 1. The first-order valence-electron chi connectivity index (χ1n) is 8.97. The van der Waals surface area contributed by atoms with E-state index >= 15 is 0 Å². The molecule has 3 rings (SSSR count). The maximum absolute atomic E-state index is 12.8. The highest BCUT2D eigenvalue weighted by atomic mass is 16.5. The maximum atomic E-state index is 12.8. The van der Waals surface area contributed by atoms with E-state index in [-0.39, 0.29) is 25.0 Å². The number of hydrogen-bond donors (Lipinski definition) is 2. The summed E-state index contributed by atoms with van der Waals surface area (Å²) in [5, 5.41) is 13.1. The van der Waals surface area contributed by atoms with Crippen molar-refractivity contribution in [1.29, 1.82) is 0 Å². The van der Waals surface area contributed by atoms with E-state index in [4.69, 9.17) is 4.74 Å². The SMILES string of the molecule is C[C@@H]1CCCC[C@@]12NC(=O)N(C[C@H](O)COCc1ccccc1)C2=O. The van der Waals surface area contributed by atoms with E-state index in [1.165, 1.54) is 0 Å². The second-order valence-electron chi connectivity index (χ2n) is 7.12. The van der Waals surface area contributed by atoms with Crippen molar-refractivity contribution in [1.82, 2.24) is 10.2 Å². The number of aliphatic hydroxyl groups is 1. The summed E-state index contributed by atoms with van der Waals surface area (Å²) in [6.45, 7) is 2.45. The van der Waals surface area contributed by atoms with Crippen molar-refractivity contribution in [3.05, 3.63) is 35.9 Å². The van der Waals surface area contributed by atoms with Gasteiger partial charge in [-0.05, 0) is 24.3 Å². The fourth-order valence-electron chi connectivity index (χ4n) is 3.81. The Hall–Kier alpha value is -1.92. The van der Waals surface area contributed by atoms with E-state index in [9.17, 15) is 14.7 Å². The molecule has 1 spiro atoms. The highest BCUT2D eigenvalue weighted by Gasteiger charge is 2.54. The summed E-state index contributed by atoms with van der Waals surface area (Å²) in [5.74, 6) is -0.0824. The van der Waals surface area contributed by atoms with Crippen LogP contribution in [0.2, 0.25) is 0 Å². The van der Waals surface area contributed by atoms with Gasteiger partial charge in [-0.2, -0.15) is 0 Å². The third-order valence-corrected chi connectivity index (χ3v) is 5.32. The molecule has 3 amide bonds. The second-order valence-corrected chi connectivity index (χ2v) is 7.12. The molecule has 0 unspecified atom stereocenters. The van der Waals surface area contributed by atoms with Crippen LogP contribution in [0.4, 0.5) is 4.79 Å². The molecule has 1 aliphatic heterocycles. The van der Waals surface area contributed by atoms with E-state index in [1.807, 2.05) is 37.3 Å². The minimum absolute atomic E-state index is 0.0338. The number of aliphatic hydroxyl groups excluding tert-OH is 1. The minimum Gasteiger partial charge on any atom is -0.389 e. The Balaban J connectivity index is 1.53. The van der Waals surface area contributed by atoms with Crippen LogP contribution in [-0.2, 0) is 16.1 Å². The lowest BCUT2D eigenvalue weighted by molar-refractivity contribution is -0.135. The summed E-state index contributed by atoms with van der Waals surface area (Å²) < 4.78 is 5.50. The quantitative estimate of drug-likeness (QED) is 0.773. The molecule has 0 radical (unpaired) electrons. The van der Waals surface area contributed by atoms with Crippen molar-refractivity contribution in [2.45, 2.75) is 50.9 Å². The fourth-order valence-corrected chi connectivity index (χ4v) is 3.81. The van der Waals surface area contributed by atoms with Crippen molar-refractivity contribution in [3.8, 4) is 0 Å². The number of nitrogens with one attached hydrogen (secondary N) is 1. The molecule has 1 aromatic rings. The lowest BCUT2D eigenvalue weighted by Crippen LogP contribution is -2.54. The Morgan fingerprint density at radius 1 is 1.32 bits per heavy atom. The van der Waals surface area contributed by atoms with E-state index in [1.54, 1.807) is 0 Å². The van der Waals surface area contributed by atoms with Gasteiger partial charge in [0.05, 0.1) is 25.9 Å². The second kappa shape index (κ2) is 7.54. The molecule has 1 saturated carbocycles. The number of benzene rings is 1. The fraction of sp³-hybridized carbons (Fsp3) is 0.579. The van der Waals surface area contributed by atoms with Crippen molar-refractivity contribution < 1.29 is 19.4 Å². The number of urea groups is 1. The number of imide groups is 1. The van der Waals surface area contributed by atoms with E-state index < -0.39 is 17.7 Å². The molecule has 3 atom stereocenters. The van der Waals surface area contributed by atoms with Crippen molar-refractivity contribution >= 4 is 11.9 Å². The Morgan fingerprint density at radius 2 is 2.08 bits per heavy atom. The van der Waals surface area contributed by atoms with Gasteiger partial charge in [0.15, 0.2) is 0 Å². The van der Waals surface area contributed by atoms with Gasteiger partial charge < -0.3 is 15.2 Å². The van der Waals surface area contributed by atoms with Crippen LogP contribution < -0.4 is 5.32 Å². The topological polar surface area (TPSA) is 78.9 Å². The van der Waals surface area contributed by atoms with E-state index in [2.05, 4.69) is 5.32 Å². The van der Waals surface area contributed by atoms with Crippen molar-refractivity contribution in [2.75, 3.05) is 13.2 Å². The molecule has 25 heavy (non-hydrogen) atoms. The number of nitrogens with zero attached hydrogens (tertiary/aromatic N) is 1. The van der Waals surface area contributed by atoms with Gasteiger partial charge >= 0.3 is 6.03 Å². The normalized spacial score (nSPS) is 27.6. The molecule has 1 aromatic carbocycles. The molecule has 136 valence electrons. The zero-order valence-electron chi connectivity index (χ0n) is 14.6. The number of β-amino-alcohol motifs (C(OH)–C–C–N with tert-alkyl or cyclic N) is 1. The molecule has 2 fully saturated rings. The molecule has 2 N–H and O–H groups in total. The summed E-state index contributed by atoms with van der Waals surface area (Å²) >= 11 is 0. The molecule has 2 aliphatic rings. The summed E-state index contributed by atoms with van der Waals surface area (Å²) in [4.78, 5) is 26.3. The largest absolute Gasteiger partial charge is 0.389 e. The first-order chi connectivity index (χ1) is 12.0. The van der Waals surface area contributed by atoms with Crippen LogP contribution in [0.25, 0.3) is 0 Å². The monoisotopic (exact) mass is 346 g/mol. The lowest BCUT2D eigenvalue weighted by atomic mass is 9.73. The summed E-state index contributed by atoms with van der Waals surface area (Å²) in [5.41, 5.74) is 0.236. The van der Waals surface area contributed by atoms with Crippen LogP contribution in [-0.4, -0.2) is 46.7 Å². The van der Waals surface area contributed by atoms with E-state index in [0.717, 1.165) is 29.7 Å². The van der Waals surface area contributed by atoms with Crippen LogP contribution in [0.1, 0.15) is 38.2 Å². The molecule has 6 nitrogen and oxygen atoms in total. The first-order valence-corrected chi connectivity index (χ1v) is 8.97. The smallest absolute Gasteiger partial charge is 0.325 e. The van der Waals surface area contributed by atoms with Gasteiger partial charge in [-0.25, -0.2) is 4.79 Å². The van der Waals surface area contributed by atoms with Crippen LogP contribution in [0.5, 0.6) is 0 Å². The Labute approximate surface area is 148 Å². The van der Waals surface area contributed by atoms with Crippen LogP contribution in [0, 0.1) is 5.92 Å². The Kier molecular flexibility index (Phi) is 5.39. The first kappa shape index (κ1) is 17.9. The third kappa shape index (κ3) is 3.70. The van der Waals surface area contributed by atoms with Crippen molar-refractivity contribution in [2.24, 2.45) is 5.92 Å². The number of carbonyl (C=O) groups is 2. The van der Waals surface area contributed by atoms with Gasteiger partial charge in [0.1, 0.15) is 5.54 Å². The summed E-state index contributed by atoms with van der Waals surface area (Å²) in [7, 11) is 0. The highest BCUT2D eigenvalue weighted by molar-refractivity contribution is 6.07. The molecule has 1 heterocycles. The van der Waals surface area contributed by atoms with Crippen LogP contribution >= 0.6 is 0 Å². The summed E-state index contributed by atoms with van der Waals surface area (Å²) in [6, 6.07) is 9.26. The third-order valence-electron chi connectivity index (χ3n) is 5.32. The highest BCUT2D eigenvalue weighted by Crippen LogP contribution is 2.38. The predicted molar refractivity (Wildman–Crippen MR) is 92.7 cm³/mol. The van der Waals surface area contributed by atoms with Gasteiger partial charge in [-0.1, -0.05) is 50.1 Å². The lowest BCUT2D eigenvalue weighted by Gasteiger charge is -2.36. The molecule has 6 heteroatoms. The van der Waals surface area contributed by atoms with Crippen LogP contribution in [0.3, 0.4) is 0 Å². The van der Waals surface area contributed by atoms with Crippen molar-refractivity contribution in [3.63, 3.8) is 0 Å². The van der Waals surface area contributed by atoms with Gasteiger partial charge in [0.25, 0.3) is 5.91 Å². The molecule has 0 bridgehead atoms. The zero-order chi connectivity index (χ0) is 17.9. The number of amides is 3. The van der Waals surface area contributed by atoms with Gasteiger partial charge in [0, 0.05) is 0 Å². The molecule has 1 saturated heterocycles. The standard InChI is InChI=1S/C19H26N2O4/c1-14-7-5-6-10-19(14)17(23)21(18(24)20-19)11-16(22)13-25-12-15-8-3-2-4-9-15/h2-4,8-9,14,16,22H,5-7,10-13H2,1H3,(H,20,24)/t14-,16+,19-/m1/s1. The number of carbonyl (C=O) groups excluding carboxylic acids is 2. The van der Waals surface area contributed by atoms with Gasteiger partial charge in [-0.15, -0.1) is 0 Å². The van der Waals surface area contributed by atoms with Gasteiger partial charge in [0.2, 0.25) is 0 Å². The number of rotatable bonds is 6. The minimum atomic E-state index is -0.896. The molecule has 1 aliphatic carbocycles. The maximum Gasteiger partial charge on any atom is 0.325 e. The average Bonchev–Trinajstić information content (AvgIpc) is 2.84. The van der Waals surface area contributed by atoms with Gasteiger partial charge in [-0.3, -0.25) is 9.69 Å². The molecular formula is C19H26N2O4. The molecule has 0 aromatic heterocycles. The Bertz CT molecular complexity index is 621. The predicted octanol–water partition coefficient (Wildman–Crippen LogP) is 2.06. The number of hydrogen-bond acceptors (Lipinski definition) is 4.